The van der Waals surface area contributed by atoms with Gasteiger partial charge in [-0.1, -0.05) is 11.3 Å². The van der Waals surface area contributed by atoms with E-state index in [9.17, 15) is 22.0 Å². The van der Waals surface area contributed by atoms with Crippen LogP contribution in [0, 0.1) is 0 Å². The van der Waals surface area contributed by atoms with Gasteiger partial charge in [-0.05, 0) is 38.7 Å². The molecule has 2 aliphatic carbocycles. The molecule has 0 atom stereocenters. The number of pyridine rings is 1. The maximum absolute atomic E-state index is 13.7. The lowest BCUT2D eigenvalue weighted by molar-refractivity contribution is -0.144. The third kappa shape index (κ3) is 4.76. The van der Waals surface area contributed by atoms with Crippen LogP contribution in [-0.4, -0.2) is 96.4 Å². The number of halogens is 2. The van der Waals surface area contributed by atoms with Crippen molar-refractivity contribution >= 4 is 38.6 Å². The molecular weight excluding hydrogens is 592 g/mol. The molecule has 0 bridgehead atoms. The molecule has 226 valence electrons. The Kier molecular flexibility index (Phi) is 6.58. The van der Waals surface area contributed by atoms with Gasteiger partial charge >= 0.3 is 0 Å². The Labute approximate surface area is 245 Å². The first kappa shape index (κ1) is 28.0. The van der Waals surface area contributed by atoms with Crippen molar-refractivity contribution < 1.29 is 31.5 Å². The van der Waals surface area contributed by atoms with Gasteiger partial charge in [0.15, 0.2) is 15.7 Å². The second kappa shape index (κ2) is 9.87. The van der Waals surface area contributed by atoms with E-state index in [0.717, 1.165) is 24.2 Å². The number of nitrogens with one attached hydrogen (secondary N) is 1. The molecule has 5 heterocycles. The number of sulfonamides is 1. The summed E-state index contributed by atoms with van der Waals surface area (Å²) in [4.78, 5) is 21.8. The SMILES string of the molecule is COC1(C(=O)N2CCN(c3cc(S(=O)(=O)NC4(C)COC4)cn4c(-c5nnc(C(F)F)s5)c(C5CC5)nc34)CC2)CC1. The van der Waals surface area contributed by atoms with Crippen molar-refractivity contribution in [2.75, 3.05) is 51.4 Å². The topological polar surface area (TPSA) is 131 Å². The van der Waals surface area contributed by atoms with Crippen molar-refractivity contribution in [3.05, 3.63) is 23.0 Å². The molecule has 4 aliphatic rings. The van der Waals surface area contributed by atoms with Crippen LogP contribution in [0.2, 0.25) is 0 Å². The quantitative estimate of drug-likeness (QED) is 0.382. The highest BCUT2D eigenvalue weighted by molar-refractivity contribution is 7.89. The number of carbonyl (C=O) groups excluding carboxylic acids is 1. The summed E-state index contributed by atoms with van der Waals surface area (Å²) in [5, 5.41) is 7.60. The Morgan fingerprint density at radius 1 is 1.19 bits per heavy atom. The molecule has 16 heteroatoms. The number of nitrogens with zero attached hydrogens (tertiary/aromatic N) is 6. The summed E-state index contributed by atoms with van der Waals surface area (Å²) in [5.41, 5.74) is 0.819. The van der Waals surface area contributed by atoms with Crippen LogP contribution in [0.25, 0.3) is 16.3 Å². The molecule has 0 spiro atoms. The summed E-state index contributed by atoms with van der Waals surface area (Å²) in [5.74, 6) is 0.102. The van der Waals surface area contributed by atoms with E-state index in [-0.39, 0.29) is 34.9 Å². The number of rotatable bonds is 9. The standard InChI is InChI=1S/C26H31F2N7O5S2/c1-25(13-40-14-25)32-42(37,38)16-11-17(33-7-9-34(10-8-33)24(36)26(39-2)5-6-26)21-29-18(15-3-4-15)19(35(21)12-16)22-30-31-23(41-22)20(27)28/h11-12,15,20,32H,3-10,13-14H2,1-2H3. The lowest BCUT2D eigenvalue weighted by Gasteiger charge is -2.38. The van der Waals surface area contributed by atoms with E-state index >= 15 is 0 Å². The first-order chi connectivity index (χ1) is 20.0. The molecule has 0 aromatic carbocycles. The van der Waals surface area contributed by atoms with Gasteiger partial charge in [-0.25, -0.2) is 26.9 Å². The fraction of sp³-hybridized carbons (Fsp3) is 0.615. The number of hydrogen-bond donors (Lipinski definition) is 1. The van der Waals surface area contributed by atoms with Gasteiger partial charge < -0.3 is 19.3 Å². The van der Waals surface area contributed by atoms with Gasteiger partial charge in [0, 0.05) is 45.4 Å². The average molecular weight is 624 g/mol. The minimum absolute atomic E-state index is 0.00698. The lowest BCUT2D eigenvalue weighted by atomic mass is 10.0. The minimum Gasteiger partial charge on any atom is -0.377 e. The third-order valence-corrected chi connectivity index (χ3v) is 11.0. The number of alkyl halides is 2. The zero-order chi connectivity index (χ0) is 29.4. The predicted octanol–water partition coefficient (Wildman–Crippen LogP) is 2.56. The van der Waals surface area contributed by atoms with Gasteiger partial charge in [0.25, 0.3) is 12.3 Å². The molecule has 0 radical (unpaired) electrons. The molecule has 0 unspecified atom stereocenters. The van der Waals surface area contributed by atoms with Crippen molar-refractivity contribution in [3.63, 3.8) is 0 Å². The number of ether oxygens (including phenoxy) is 2. The van der Waals surface area contributed by atoms with Gasteiger partial charge in [0.05, 0.1) is 30.1 Å². The molecule has 7 rings (SSSR count). The normalized spacial score (nSPS) is 21.6. The number of fused-ring (bicyclic) bond motifs is 1. The van der Waals surface area contributed by atoms with E-state index in [1.807, 2.05) is 4.90 Å². The first-order valence-electron chi connectivity index (χ1n) is 13.9. The second-order valence-corrected chi connectivity index (χ2v) is 14.4. The van der Waals surface area contributed by atoms with E-state index < -0.39 is 32.6 Å². The minimum atomic E-state index is -4.01. The molecule has 4 fully saturated rings. The third-order valence-electron chi connectivity index (χ3n) is 8.42. The van der Waals surface area contributed by atoms with Crippen molar-refractivity contribution in [1.82, 2.24) is 29.2 Å². The number of piperazine rings is 1. The zero-order valence-corrected chi connectivity index (χ0v) is 24.8. The summed E-state index contributed by atoms with van der Waals surface area (Å²) in [7, 11) is -2.45. The molecule has 42 heavy (non-hydrogen) atoms. The Morgan fingerprint density at radius 3 is 2.45 bits per heavy atom. The van der Waals surface area contributed by atoms with Crippen molar-refractivity contribution in [3.8, 4) is 10.7 Å². The Bertz CT molecular complexity index is 1660. The molecular formula is C26H31F2N7O5S2. The molecule has 3 aromatic heterocycles. The number of amides is 1. The number of aromatic nitrogens is 4. The number of hydrogen-bond acceptors (Lipinski definition) is 10. The lowest BCUT2D eigenvalue weighted by Crippen LogP contribution is -2.59. The van der Waals surface area contributed by atoms with Crippen LogP contribution in [0.5, 0.6) is 0 Å². The van der Waals surface area contributed by atoms with Gasteiger partial charge in [-0.2, -0.15) is 0 Å². The summed E-state index contributed by atoms with van der Waals surface area (Å²) >= 11 is 0.780. The monoisotopic (exact) mass is 623 g/mol. The highest BCUT2D eigenvalue weighted by Gasteiger charge is 2.52. The smallest absolute Gasteiger partial charge is 0.291 e. The van der Waals surface area contributed by atoms with Crippen LogP contribution >= 0.6 is 11.3 Å². The van der Waals surface area contributed by atoms with E-state index in [1.54, 1.807) is 29.4 Å². The molecule has 2 aliphatic heterocycles. The van der Waals surface area contributed by atoms with E-state index in [4.69, 9.17) is 14.5 Å². The summed E-state index contributed by atoms with van der Waals surface area (Å²) in [6.07, 6.45) is 1.91. The maximum Gasteiger partial charge on any atom is 0.291 e. The van der Waals surface area contributed by atoms with Gasteiger partial charge in [0.1, 0.15) is 16.2 Å². The molecule has 12 nitrogen and oxygen atoms in total. The van der Waals surface area contributed by atoms with Gasteiger partial charge in [0.2, 0.25) is 10.0 Å². The Balaban J connectivity index is 1.32. The highest BCUT2D eigenvalue weighted by atomic mass is 32.2. The van der Waals surface area contributed by atoms with Gasteiger partial charge in [-0.3, -0.25) is 9.20 Å². The molecule has 1 N–H and O–H groups in total. The number of methoxy groups -OCH3 is 1. The van der Waals surface area contributed by atoms with Crippen molar-refractivity contribution in [1.29, 1.82) is 0 Å². The molecule has 2 saturated carbocycles. The summed E-state index contributed by atoms with van der Waals surface area (Å²) < 4.78 is 69.5. The zero-order valence-electron chi connectivity index (χ0n) is 23.2. The highest BCUT2D eigenvalue weighted by Crippen LogP contribution is 2.46. The Hall–Kier alpha value is -2.79. The fourth-order valence-corrected chi connectivity index (χ4v) is 7.83. The summed E-state index contributed by atoms with van der Waals surface area (Å²) in [6.45, 7) is 4.08. The molecule has 1 amide bonds. The van der Waals surface area contributed by atoms with Crippen molar-refractivity contribution in [2.45, 2.75) is 61.0 Å². The van der Waals surface area contributed by atoms with Crippen LogP contribution < -0.4 is 9.62 Å². The summed E-state index contributed by atoms with van der Waals surface area (Å²) in [6, 6.07) is 1.60. The maximum atomic E-state index is 13.7. The molecule has 2 saturated heterocycles. The van der Waals surface area contributed by atoms with E-state index in [0.29, 0.717) is 61.7 Å². The van der Waals surface area contributed by atoms with E-state index in [2.05, 4.69) is 14.9 Å². The Morgan fingerprint density at radius 2 is 1.90 bits per heavy atom. The first-order valence-corrected chi connectivity index (χ1v) is 16.2. The predicted molar refractivity (Wildman–Crippen MR) is 148 cm³/mol. The number of anilines is 1. The van der Waals surface area contributed by atoms with E-state index in [1.165, 1.54) is 6.20 Å². The second-order valence-electron chi connectivity index (χ2n) is 11.8. The van der Waals surface area contributed by atoms with Crippen LogP contribution in [0.1, 0.15) is 55.7 Å². The van der Waals surface area contributed by atoms with Crippen LogP contribution in [0.4, 0.5) is 14.5 Å². The largest absolute Gasteiger partial charge is 0.377 e. The fourth-order valence-electron chi connectivity index (χ4n) is 5.68. The number of imidazole rings is 1. The number of carbonyl (C=O) groups is 1. The van der Waals surface area contributed by atoms with Gasteiger partial charge in [-0.15, -0.1) is 10.2 Å². The van der Waals surface area contributed by atoms with Crippen LogP contribution in [-0.2, 0) is 24.3 Å². The average Bonchev–Trinajstić information content (AvgIpc) is 3.87. The van der Waals surface area contributed by atoms with Crippen LogP contribution in [0.15, 0.2) is 17.2 Å². The van der Waals surface area contributed by atoms with Crippen molar-refractivity contribution in [2.24, 2.45) is 0 Å². The van der Waals surface area contributed by atoms with Crippen LogP contribution in [0.3, 0.4) is 0 Å². The molecule has 3 aromatic rings.